The standard InChI is InChI=1S/C17H20OS/c1-4-17(2,3)13-5-9-15(10-6-13)19-16-11-7-14(18)8-12-16/h5-12,18H,4H2,1-3H3. The van der Waals surface area contributed by atoms with E-state index in [2.05, 4.69) is 45.0 Å². The van der Waals surface area contributed by atoms with Crippen LogP contribution in [0.1, 0.15) is 32.8 Å². The normalized spacial score (nSPS) is 11.5. The van der Waals surface area contributed by atoms with E-state index < -0.39 is 0 Å². The van der Waals surface area contributed by atoms with Crippen molar-refractivity contribution >= 4 is 11.8 Å². The van der Waals surface area contributed by atoms with Crippen LogP contribution >= 0.6 is 11.8 Å². The van der Waals surface area contributed by atoms with Gasteiger partial charge in [-0.25, -0.2) is 0 Å². The van der Waals surface area contributed by atoms with Crippen molar-refractivity contribution in [2.24, 2.45) is 0 Å². The van der Waals surface area contributed by atoms with Crippen LogP contribution in [0.4, 0.5) is 0 Å². The molecule has 0 aliphatic rings. The summed E-state index contributed by atoms with van der Waals surface area (Å²) in [5.74, 6) is 0.310. The maximum absolute atomic E-state index is 9.27. The Hall–Kier alpha value is -1.41. The third kappa shape index (κ3) is 3.54. The van der Waals surface area contributed by atoms with Crippen LogP contribution in [-0.2, 0) is 5.41 Å². The molecule has 0 saturated heterocycles. The number of benzene rings is 2. The zero-order valence-electron chi connectivity index (χ0n) is 11.7. The molecule has 2 rings (SSSR count). The highest BCUT2D eigenvalue weighted by Crippen LogP contribution is 2.32. The molecule has 0 spiro atoms. The Balaban J connectivity index is 2.13. The van der Waals surface area contributed by atoms with E-state index in [1.807, 2.05) is 12.1 Å². The number of aromatic hydroxyl groups is 1. The van der Waals surface area contributed by atoms with Gasteiger partial charge in [-0.1, -0.05) is 44.7 Å². The van der Waals surface area contributed by atoms with Crippen LogP contribution in [0.2, 0.25) is 0 Å². The molecule has 1 N–H and O–H groups in total. The molecule has 0 aliphatic carbocycles. The maximum Gasteiger partial charge on any atom is 0.115 e. The molecule has 0 atom stereocenters. The molecule has 0 bridgehead atoms. The highest BCUT2D eigenvalue weighted by molar-refractivity contribution is 7.99. The fraction of sp³-hybridized carbons (Fsp3) is 0.294. The van der Waals surface area contributed by atoms with E-state index in [0.717, 1.165) is 11.3 Å². The average molecular weight is 272 g/mol. The van der Waals surface area contributed by atoms with Gasteiger partial charge in [-0.2, -0.15) is 0 Å². The minimum Gasteiger partial charge on any atom is -0.508 e. The van der Waals surface area contributed by atoms with Crippen molar-refractivity contribution in [3.8, 4) is 5.75 Å². The molecule has 100 valence electrons. The van der Waals surface area contributed by atoms with Crippen LogP contribution in [0.3, 0.4) is 0 Å². The fourth-order valence-electron chi connectivity index (χ4n) is 1.83. The number of hydrogen-bond donors (Lipinski definition) is 1. The molecule has 1 nitrogen and oxygen atoms in total. The zero-order chi connectivity index (χ0) is 13.9. The first-order chi connectivity index (χ1) is 9.01. The minimum absolute atomic E-state index is 0.238. The molecule has 0 amide bonds. The van der Waals surface area contributed by atoms with Crippen LogP contribution in [0.15, 0.2) is 58.3 Å². The van der Waals surface area contributed by atoms with Crippen molar-refractivity contribution in [2.75, 3.05) is 0 Å². The van der Waals surface area contributed by atoms with Crippen molar-refractivity contribution in [1.29, 1.82) is 0 Å². The number of rotatable bonds is 4. The quantitative estimate of drug-likeness (QED) is 0.822. The molecule has 2 heteroatoms. The Morgan fingerprint density at radius 3 is 1.84 bits per heavy atom. The lowest BCUT2D eigenvalue weighted by molar-refractivity contribution is 0.475. The Morgan fingerprint density at radius 1 is 0.895 bits per heavy atom. The largest absolute Gasteiger partial charge is 0.508 e. The van der Waals surface area contributed by atoms with Crippen molar-refractivity contribution in [1.82, 2.24) is 0 Å². The lowest BCUT2D eigenvalue weighted by Gasteiger charge is -2.23. The Morgan fingerprint density at radius 2 is 1.37 bits per heavy atom. The highest BCUT2D eigenvalue weighted by atomic mass is 32.2. The van der Waals surface area contributed by atoms with Gasteiger partial charge in [-0.15, -0.1) is 0 Å². The molecule has 0 unspecified atom stereocenters. The number of phenolic OH excluding ortho intramolecular Hbond substituents is 1. The van der Waals surface area contributed by atoms with E-state index in [1.54, 1.807) is 23.9 Å². The summed E-state index contributed by atoms with van der Waals surface area (Å²) in [7, 11) is 0. The SMILES string of the molecule is CCC(C)(C)c1ccc(Sc2ccc(O)cc2)cc1. The number of phenols is 1. The Bertz CT molecular complexity index is 526. The molecule has 2 aromatic rings. The van der Waals surface area contributed by atoms with Gasteiger partial charge in [0.15, 0.2) is 0 Å². The van der Waals surface area contributed by atoms with Crippen molar-refractivity contribution in [2.45, 2.75) is 42.4 Å². The Kier molecular flexibility index (Phi) is 4.20. The van der Waals surface area contributed by atoms with Crippen LogP contribution in [0.25, 0.3) is 0 Å². The summed E-state index contributed by atoms with van der Waals surface area (Å²) in [4.78, 5) is 2.36. The zero-order valence-corrected chi connectivity index (χ0v) is 12.5. The minimum atomic E-state index is 0.238. The molecule has 0 saturated carbocycles. The topological polar surface area (TPSA) is 20.2 Å². The first-order valence-corrected chi connectivity index (χ1v) is 7.40. The fourth-order valence-corrected chi connectivity index (χ4v) is 2.65. The van der Waals surface area contributed by atoms with Crippen LogP contribution < -0.4 is 0 Å². The lowest BCUT2D eigenvalue weighted by Crippen LogP contribution is -2.14. The molecular formula is C17H20OS. The molecule has 0 radical (unpaired) electrons. The first kappa shape index (κ1) is 14.0. The van der Waals surface area contributed by atoms with Gasteiger partial charge in [0.05, 0.1) is 0 Å². The van der Waals surface area contributed by atoms with E-state index in [0.29, 0.717) is 5.75 Å². The van der Waals surface area contributed by atoms with Gasteiger partial charge >= 0.3 is 0 Å². The molecule has 0 aliphatic heterocycles. The van der Waals surface area contributed by atoms with E-state index >= 15 is 0 Å². The molecule has 0 fully saturated rings. The summed E-state index contributed by atoms with van der Waals surface area (Å²) in [6, 6.07) is 16.1. The molecular weight excluding hydrogens is 252 g/mol. The van der Waals surface area contributed by atoms with Crippen molar-refractivity contribution < 1.29 is 5.11 Å². The molecule has 2 aromatic carbocycles. The van der Waals surface area contributed by atoms with Gasteiger partial charge in [0.25, 0.3) is 0 Å². The van der Waals surface area contributed by atoms with Crippen LogP contribution in [0.5, 0.6) is 5.75 Å². The second-order valence-corrected chi connectivity index (χ2v) is 6.50. The monoisotopic (exact) mass is 272 g/mol. The van der Waals surface area contributed by atoms with E-state index in [1.165, 1.54) is 10.5 Å². The van der Waals surface area contributed by atoms with E-state index in [9.17, 15) is 5.11 Å². The van der Waals surface area contributed by atoms with Gasteiger partial charge in [-0.3, -0.25) is 0 Å². The van der Waals surface area contributed by atoms with Crippen molar-refractivity contribution in [3.05, 3.63) is 54.1 Å². The molecule has 0 heterocycles. The summed E-state index contributed by atoms with van der Waals surface area (Å²) < 4.78 is 0. The predicted octanol–water partition coefficient (Wildman–Crippen LogP) is 5.23. The second kappa shape index (κ2) is 5.70. The van der Waals surface area contributed by atoms with Crippen molar-refractivity contribution in [3.63, 3.8) is 0 Å². The second-order valence-electron chi connectivity index (χ2n) is 5.36. The average Bonchev–Trinajstić information content (AvgIpc) is 2.42. The lowest BCUT2D eigenvalue weighted by atomic mass is 9.82. The molecule has 19 heavy (non-hydrogen) atoms. The predicted molar refractivity (Wildman–Crippen MR) is 82.0 cm³/mol. The van der Waals surface area contributed by atoms with Gasteiger partial charge in [0, 0.05) is 9.79 Å². The van der Waals surface area contributed by atoms with E-state index in [-0.39, 0.29) is 5.41 Å². The number of hydrogen-bond acceptors (Lipinski definition) is 2. The maximum atomic E-state index is 9.27. The summed E-state index contributed by atoms with van der Waals surface area (Å²) >= 11 is 1.71. The third-order valence-electron chi connectivity index (χ3n) is 3.59. The van der Waals surface area contributed by atoms with E-state index in [4.69, 9.17) is 0 Å². The smallest absolute Gasteiger partial charge is 0.115 e. The van der Waals surface area contributed by atoms with Gasteiger partial charge in [0.2, 0.25) is 0 Å². The van der Waals surface area contributed by atoms with Crippen LogP contribution in [0, 0.1) is 0 Å². The first-order valence-electron chi connectivity index (χ1n) is 6.59. The summed E-state index contributed by atoms with van der Waals surface area (Å²) in [6.07, 6.45) is 1.14. The van der Waals surface area contributed by atoms with Gasteiger partial charge in [0.1, 0.15) is 5.75 Å². The Labute approximate surface area is 119 Å². The summed E-state index contributed by atoms with van der Waals surface area (Å²) in [5, 5.41) is 9.27. The third-order valence-corrected chi connectivity index (χ3v) is 4.61. The molecule has 0 aromatic heterocycles. The highest BCUT2D eigenvalue weighted by Gasteiger charge is 2.17. The summed E-state index contributed by atoms with van der Waals surface area (Å²) in [5.41, 5.74) is 1.62. The summed E-state index contributed by atoms with van der Waals surface area (Å²) in [6.45, 7) is 6.77. The van der Waals surface area contributed by atoms with Gasteiger partial charge in [-0.05, 0) is 53.8 Å². The van der Waals surface area contributed by atoms with Crippen LogP contribution in [-0.4, -0.2) is 5.11 Å². The van der Waals surface area contributed by atoms with Gasteiger partial charge < -0.3 is 5.11 Å².